The van der Waals surface area contributed by atoms with Crippen LogP contribution in [0, 0.1) is 0 Å². The van der Waals surface area contributed by atoms with Crippen LogP contribution in [-0.2, 0) is 11.3 Å². The molecular weight excluding hydrogens is 282 g/mol. The van der Waals surface area contributed by atoms with Gasteiger partial charge in [-0.1, -0.05) is 54.6 Å². The molecule has 1 aliphatic heterocycles. The van der Waals surface area contributed by atoms with Crippen LogP contribution in [0.5, 0.6) is 0 Å². The van der Waals surface area contributed by atoms with Gasteiger partial charge in [0.1, 0.15) is 6.10 Å². The zero-order valence-electron chi connectivity index (χ0n) is 13.1. The fourth-order valence-corrected chi connectivity index (χ4v) is 3.13. The van der Waals surface area contributed by atoms with Crippen molar-refractivity contribution in [1.29, 1.82) is 0 Å². The van der Waals surface area contributed by atoms with Gasteiger partial charge in [0, 0.05) is 18.4 Å². The zero-order chi connectivity index (χ0) is 15.6. The third kappa shape index (κ3) is 2.62. The van der Waals surface area contributed by atoms with E-state index in [-0.39, 0.29) is 6.10 Å². The standard InChI is InChI=1S/C21H19NO/c1-22(18-8-3-2-4-9-18)19-13-11-16(12-14-19)21-20-10-6-5-7-17(20)15-23-21/h2-14,21H,15H2,1H3. The Bertz CT molecular complexity index is 796. The molecule has 0 amide bonds. The molecule has 0 fully saturated rings. The molecule has 0 saturated heterocycles. The van der Waals surface area contributed by atoms with Crippen molar-refractivity contribution in [2.24, 2.45) is 0 Å². The summed E-state index contributed by atoms with van der Waals surface area (Å²) in [6.07, 6.45) is 0.0577. The van der Waals surface area contributed by atoms with E-state index >= 15 is 0 Å². The molecule has 1 unspecified atom stereocenters. The minimum atomic E-state index is 0.0577. The first-order valence-electron chi connectivity index (χ1n) is 7.91. The van der Waals surface area contributed by atoms with Gasteiger partial charge in [0.2, 0.25) is 0 Å². The lowest BCUT2D eigenvalue weighted by Crippen LogP contribution is -2.09. The molecule has 114 valence electrons. The lowest BCUT2D eigenvalue weighted by Gasteiger charge is -2.20. The lowest BCUT2D eigenvalue weighted by atomic mass is 9.99. The van der Waals surface area contributed by atoms with Gasteiger partial charge in [0.05, 0.1) is 6.61 Å². The van der Waals surface area contributed by atoms with Crippen molar-refractivity contribution in [3.05, 3.63) is 95.6 Å². The molecule has 0 aromatic heterocycles. The van der Waals surface area contributed by atoms with Gasteiger partial charge in [0.25, 0.3) is 0 Å². The van der Waals surface area contributed by atoms with Crippen LogP contribution in [0.25, 0.3) is 0 Å². The van der Waals surface area contributed by atoms with Crippen LogP contribution in [0.1, 0.15) is 22.8 Å². The normalized spacial score (nSPS) is 16.1. The molecule has 3 aromatic rings. The van der Waals surface area contributed by atoms with Gasteiger partial charge >= 0.3 is 0 Å². The Kier molecular flexibility index (Phi) is 3.60. The van der Waals surface area contributed by atoms with Crippen LogP contribution in [0.4, 0.5) is 11.4 Å². The lowest BCUT2D eigenvalue weighted by molar-refractivity contribution is 0.0939. The molecule has 0 saturated carbocycles. The Morgan fingerprint density at radius 1 is 0.783 bits per heavy atom. The summed E-state index contributed by atoms with van der Waals surface area (Å²) in [5.74, 6) is 0. The third-order valence-corrected chi connectivity index (χ3v) is 4.47. The second-order valence-electron chi connectivity index (χ2n) is 5.88. The van der Waals surface area contributed by atoms with Crippen LogP contribution in [0.3, 0.4) is 0 Å². The van der Waals surface area contributed by atoms with Gasteiger partial charge < -0.3 is 9.64 Å². The SMILES string of the molecule is CN(c1ccccc1)c1ccc(C2OCc3ccccc32)cc1. The second-order valence-corrected chi connectivity index (χ2v) is 5.88. The van der Waals surface area contributed by atoms with Crippen LogP contribution >= 0.6 is 0 Å². The first kappa shape index (κ1) is 14.0. The summed E-state index contributed by atoms with van der Waals surface area (Å²) < 4.78 is 5.98. The molecule has 4 rings (SSSR count). The molecule has 23 heavy (non-hydrogen) atoms. The largest absolute Gasteiger partial charge is 0.364 e. The summed E-state index contributed by atoms with van der Waals surface area (Å²) in [6.45, 7) is 0.701. The van der Waals surface area contributed by atoms with Gasteiger partial charge in [-0.15, -0.1) is 0 Å². The minimum absolute atomic E-state index is 0.0577. The van der Waals surface area contributed by atoms with Crippen molar-refractivity contribution >= 4 is 11.4 Å². The molecule has 0 spiro atoms. The molecule has 0 N–H and O–H groups in total. The Morgan fingerprint density at radius 3 is 2.22 bits per heavy atom. The van der Waals surface area contributed by atoms with E-state index in [4.69, 9.17) is 4.74 Å². The second kappa shape index (κ2) is 5.90. The number of nitrogens with zero attached hydrogens (tertiary/aromatic N) is 1. The van der Waals surface area contributed by atoms with Gasteiger partial charge in [-0.2, -0.15) is 0 Å². The fourth-order valence-electron chi connectivity index (χ4n) is 3.13. The highest BCUT2D eigenvalue weighted by Crippen LogP contribution is 2.36. The Hall–Kier alpha value is -2.58. The average molecular weight is 301 g/mol. The van der Waals surface area contributed by atoms with Crippen LogP contribution < -0.4 is 4.90 Å². The van der Waals surface area contributed by atoms with Crippen molar-refractivity contribution in [3.8, 4) is 0 Å². The van der Waals surface area contributed by atoms with E-state index in [2.05, 4.69) is 84.7 Å². The van der Waals surface area contributed by atoms with Crippen LogP contribution in [0.15, 0.2) is 78.9 Å². The number of rotatable bonds is 3. The van der Waals surface area contributed by atoms with Crippen molar-refractivity contribution < 1.29 is 4.74 Å². The number of benzene rings is 3. The highest BCUT2D eigenvalue weighted by atomic mass is 16.5. The summed E-state index contributed by atoms with van der Waals surface area (Å²) >= 11 is 0. The van der Waals surface area contributed by atoms with Gasteiger partial charge in [-0.3, -0.25) is 0 Å². The maximum atomic E-state index is 5.98. The van der Waals surface area contributed by atoms with E-state index < -0.39 is 0 Å². The summed E-state index contributed by atoms with van der Waals surface area (Å²) in [5, 5.41) is 0. The predicted octanol–water partition coefficient (Wildman–Crippen LogP) is 5.07. The van der Waals surface area contributed by atoms with Crippen molar-refractivity contribution in [1.82, 2.24) is 0 Å². The molecule has 1 aliphatic rings. The number of anilines is 2. The van der Waals surface area contributed by atoms with E-state index in [0.29, 0.717) is 6.61 Å². The van der Waals surface area contributed by atoms with E-state index in [1.54, 1.807) is 0 Å². The molecule has 1 atom stereocenters. The Labute approximate surface area is 137 Å². The number of ether oxygens (including phenoxy) is 1. The monoisotopic (exact) mass is 301 g/mol. The highest BCUT2D eigenvalue weighted by molar-refractivity contribution is 5.62. The molecule has 2 heteroatoms. The minimum Gasteiger partial charge on any atom is -0.364 e. The van der Waals surface area contributed by atoms with Crippen LogP contribution in [-0.4, -0.2) is 7.05 Å². The van der Waals surface area contributed by atoms with Gasteiger partial charge in [-0.05, 0) is 41.0 Å². The molecule has 1 heterocycles. The maximum absolute atomic E-state index is 5.98. The molecular formula is C21H19NO. The number of hydrogen-bond acceptors (Lipinski definition) is 2. The Balaban J connectivity index is 1.60. The zero-order valence-corrected chi connectivity index (χ0v) is 13.1. The first-order chi connectivity index (χ1) is 11.3. The molecule has 0 aliphatic carbocycles. The molecule has 3 aromatic carbocycles. The topological polar surface area (TPSA) is 12.5 Å². The van der Waals surface area contributed by atoms with Crippen molar-refractivity contribution in [2.45, 2.75) is 12.7 Å². The summed E-state index contributed by atoms with van der Waals surface area (Å²) in [5.41, 5.74) is 6.15. The number of hydrogen-bond donors (Lipinski definition) is 0. The molecule has 0 bridgehead atoms. The van der Waals surface area contributed by atoms with E-state index in [1.165, 1.54) is 28.1 Å². The molecule has 0 radical (unpaired) electrons. The number of fused-ring (bicyclic) bond motifs is 1. The predicted molar refractivity (Wildman–Crippen MR) is 94.0 cm³/mol. The summed E-state index contributed by atoms with van der Waals surface area (Å²) in [4.78, 5) is 2.19. The smallest absolute Gasteiger partial charge is 0.108 e. The average Bonchev–Trinajstić information content (AvgIpc) is 3.06. The maximum Gasteiger partial charge on any atom is 0.108 e. The highest BCUT2D eigenvalue weighted by Gasteiger charge is 2.24. The fraction of sp³-hybridized carbons (Fsp3) is 0.143. The van der Waals surface area contributed by atoms with Crippen molar-refractivity contribution in [2.75, 3.05) is 11.9 Å². The molecule has 2 nitrogen and oxygen atoms in total. The third-order valence-electron chi connectivity index (χ3n) is 4.47. The first-order valence-corrected chi connectivity index (χ1v) is 7.91. The van der Waals surface area contributed by atoms with Crippen LogP contribution in [0.2, 0.25) is 0 Å². The van der Waals surface area contributed by atoms with Gasteiger partial charge in [-0.25, -0.2) is 0 Å². The van der Waals surface area contributed by atoms with Gasteiger partial charge in [0.15, 0.2) is 0 Å². The number of para-hydroxylation sites is 1. The van der Waals surface area contributed by atoms with E-state index in [1.807, 2.05) is 6.07 Å². The quantitative estimate of drug-likeness (QED) is 0.669. The summed E-state index contributed by atoms with van der Waals surface area (Å²) in [7, 11) is 2.09. The Morgan fingerprint density at radius 2 is 1.43 bits per heavy atom. The summed E-state index contributed by atoms with van der Waals surface area (Å²) in [6, 6.07) is 27.5. The van der Waals surface area contributed by atoms with E-state index in [0.717, 1.165) is 0 Å². The van der Waals surface area contributed by atoms with E-state index in [9.17, 15) is 0 Å². The van der Waals surface area contributed by atoms with Crippen molar-refractivity contribution in [3.63, 3.8) is 0 Å².